The summed E-state index contributed by atoms with van der Waals surface area (Å²) in [4.78, 5) is 33.4. The summed E-state index contributed by atoms with van der Waals surface area (Å²) in [6.45, 7) is 4.29. The fourth-order valence-corrected chi connectivity index (χ4v) is 4.46. The number of aromatic amines is 1. The van der Waals surface area contributed by atoms with Crippen molar-refractivity contribution in [1.29, 1.82) is 0 Å². The Labute approximate surface area is 161 Å². The summed E-state index contributed by atoms with van der Waals surface area (Å²) in [6.07, 6.45) is 4.85. The predicted octanol–water partition coefficient (Wildman–Crippen LogP) is 2.02. The van der Waals surface area contributed by atoms with E-state index in [0.717, 1.165) is 36.6 Å². The number of amides is 1. The van der Waals surface area contributed by atoms with Crippen molar-refractivity contribution >= 4 is 22.4 Å². The van der Waals surface area contributed by atoms with Gasteiger partial charge in [0.15, 0.2) is 0 Å². The van der Waals surface area contributed by atoms with Crippen molar-refractivity contribution < 1.29 is 4.79 Å². The van der Waals surface area contributed by atoms with Crippen LogP contribution in [-0.4, -0.2) is 50.6 Å². The van der Waals surface area contributed by atoms with Crippen LogP contribution in [-0.2, 0) is 4.79 Å². The van der Waals surface area contributed by atoms with E-state index in [1.54, 1.807) is 13.0 Å². The van der Waals surface area contributed by atoms with Gasteiger partial charge in [0, 0.05) is 37.4 Å². The first kappa shape index (κ1) is 18.2. The van der Waals surface area contributed by atoms with Crippen LogP contribution in [0.5, 0.6) is 0 Å². The molecule has 1 saturated carbocycles. The van der Waals surface area contributed by atoms with Crippen LogP contribution in [0.15, 0.2) is 10.9 Å². The number of rotatable bonds is 6. The fourth-order valence-electron chi connectivity index (χ4n) is 3.53. The lowest BCUT2D eigenvalue weighted by molar-refractivity contribution is -0.116. The van der Waals surface area contributed by atoms with Gasteiger partial charge in [-0.15, -0.1) is 10.2 Å². The summed E-state index contributed by atoms with van der Waals surface area (Å²) in [5, 5.41) is 12.7. The van der Waals surface area contributed by atoms with Crippen molar-refractivity contribution in [2.75, 3.05) is 25.0 Å². The Morgan fingerprint density at radius 3 is 2.96 bits per heavy atom. The summed E-state index contributed by atoms with van der Waals surface area (Å²) in [6, 6.07) is 1.60. The predicted molar refractivity (Wildman–Crippen MR) is 103 cm³/mol. The summed E-state index contributed by atoms with van der Waals surface area (Å²) in [5.41, 5.74) is 0.753. The zero-order chi connectivity index (χ0) is 18.8. The highest BCUT2D eigenvalue weighted by atomic mass is 32.1. The molecule has 2 N–H and O–H groups in total. The first-order chi connectivity index (χ1) is 13.1. The molecule has 3 heterocycles. The summed E-state index contributed by atoms with van der Waals surface area (Å²) in [7, 11) is 0. The molecule has 1 amide bonds. The van der Waals surface area contributed by atoms with Gasteiger partial charge in [0.25, 0.3) is 5.56 Å². The molecule has 1 aliphatic carbocycles. The zero-order valence-electron chi connectivity index (χ0n) is 15.4. The lowest BCUT2D eigenvalue weighted by Gasteiger charge is -2.32. The number of nitrogens with zero attached hydrogens (tertiary/aromatic N) is 4. The quantitative estimate of drug-likeness (QED) is 0.785. The number of aryl methyl sites for hydroxylation is 1. The van der Waals surface area contributed by atoms with E-state index in [4.69, 9.17) is 0 Å². The molecular weight excluding hydrogens is 364 g/mol. The standard InChI is InChI=1S/C18H24N6O2S/c1-11-19-14(9-16(26)20-11)13-3-2-7-24(10-13)8-6-15(25)21-18-23-22-17(27-18)12-4-5-12/h9,12-13H,2-8,10H2,1H3,(H,19,20,26)(H,21,23,25)/t13-/m0/s1. The molecule has 9 heteroatoms. The Kier molecular flexibility index (Phi) is 5.31. The molecule has 0 unspecified atom stereocenters. The summed E-state index contributed by atoms with van der Waals surface area (Å²) < 4.78 is 0. The van der Waals surface area contributed by atoms with Crippen molar-refractivity contribution in [3.8, 4) is 0 Å². The third kappa shape index (κ3) is 4.78. The number of nitrogens with one attached hydrogen (secondary N) is 2. The van der Waals surface area contributed by atoms with Gasteiger partial charge < -0.3 is 15.2 Å². The van der Waals surface area contributed by atoms with Gasteiger partial charge >= 0.3 is 0 Å². The molecule has 8 nitrogen and oxygen atoms in total. The first-order valence-electron chi connectivity index (χ1n) is 9.50. The SMILES string of the molecule is Cc1nc([C@H]2CCCN(CCC(=O)Nc3nnc(C4CC4)s3)C2)cc(=O)[nH]1. The minimum absolute atomic E-state index is 0.0271. The van der Waals surface area contributed by atoms with Crippen LogP contribution in [0.3, 0.4) is 0 Å². The van der Waals surface area contributed by atoms with Gasteiger partial charge in [-0.3, -0.25) is 9.59 Å². The Bertz CT molecular complexity index is 875. The van der Waals surface area contributed by atoms with Crippen LogP contribution in [0, 0.1) is 6.92 Å². The molecule has 1 saturated heterocycles. The van der Waals surface area contributed by atoms with Crippen LogP contribution >= 0.6 is 11.3 Å². The second-order valence-electron chi connectivity index (χ2n) is 7.41. The Morgan fingerprint density at radius 1 is 1.33 bits per heavy atom. The molecule has 1 aliphatic heterocycles. The summed E-state index contributed by atoms with van der Waals surface area (Å²) in [5.74, 6) is 1.42. The lowest BCUT2D eigenvalue weighted by Crippen LogP contribution is -2.37. The maximum atomic E-state index is 12.2. The number of hydrogen-bond acceptors (Lipinski definition) is 7. The molecule has 2 aromatic heterocycles. The van der Waals surface area contributed by atoms with Gasteiger partial charge in [0.1, 0.15) is 10.8 Å². The van der Waals surface area contributed by atoms with Gasteiger partial charge in [-0.25, -0.2) is 4.98 Å². The van der Waals surface area contributed by atoms with Crippen molar-refractivity contribution in [2.24, 2.45) is 0 Å². The molecule has 0 aromatic carbocycles. The highest BCUT2D eigenvalue weighted by Crippen LogP contribution is 2.42. The van der Waals surface area contributed by atoms with E-state index in [-0.39, 0.29) is 17.4 Å². The molecule has 0 bridgehead atoms. The Hall–Kier alpha value is -2.13. The maximum Gasteiger partial charge on any atom is 0.251 e. The van der Waals surface area contributed by atoms with E-state index in [1.165, 1.54) is 24.2 Å². The Morgan fingerprint density at radius 2 is 2.19 bits per heavy atom. The van der Waals surface area contributed by atoms with Crippen LogP contribution in [0.25, 0.3) is 0 Å². The Balaban J connectivity index is 1.28. The number of aromatic nitrogens is 4. The molecule has 0 radical (unpaired) electrons. The number of piperidine rings is 1. The molecule has 2 aromatic rings. The minimum atomic E-state index is -0.100. The number of H-pyrrole nitrogens is 1. The van der Waals surface area contributed by atoms with E-state index >= 15 is 0 Å². The molecule has 0 spiro atoms. The number of hydrogen-bond donors (Lipinski definition) is 2. The van der Waals surface area contributed by atoms with Crippen molar-refractivity contribution in [2.45, 2.75) is 50.9 Å². The second-order valence-corrected chi connectivity index (χ2v) is 8.42. The van der Waals surface area contributed by atoms with Crippen molar-refractivity contribution in [3.05, 3.63) is 32.9 Å². The molecule has 4 rings (SSSR count). The van der Waals surface area contributed by atoms with E-state index < -0.39 is 0 Å². The average molecular weight is 388 g/mol. The number of likely N-dealkylation sites (tertiary alicyclic amines) is 1. The molecule has 144 valence electrons. The molecule has 27 heavy (non-hydrogen) atoms. The number of anilines is 1. The maximum absolute atomic E-state index is 12.2. The van der Waals surface area contributed by atoms with Crippen LogP contribution < -0.4 is 10.9 Å². The largest absolute Gasteiger partial charge is 0.311 e. The first-order valence-corrected chi connectivity index (χ1v) is 10.3. The fraction of sp³-hybridized carbons (Fsp3) is 0.611. The lowest BCUT2D eigenvalue weighted by atomic mass is 9.94. The molecule has 2 fully saturated rings. The van der Waals surface area contributed by atoms with Crippen molar-refractivity contribution in [3.63, 3.8) is 0 Å². The highest BCUT2D eigenvalue weighted by molar-refractivity contribution is 7.15. The topological polar surface area (TPSA) is 104 Å². The third-order valence-corrected chi connectivity index (χ3v) is 6.07. The van der Waals surface area contributed by atoms with E-state index in [0.29, 0.717) is 29.8 Å². The zero-order valence-corrected chi connectivity index (χ0v) is 16.2. The van der Waals surface area contributed by atoms with Crippen LogP contribution in [0.4, 0.5) is 5.13 Å². The van der Waals surface area contributed by atoms with E-state index in [2.05, 4.69) is 30.4 Å². The van der Waals surface area contributed by atoms with E-state index in [1.807, 2.05) is 0 Å². The van der Waals surface area contributed by atoms with Crippen LogP contribution in [0.1, 0.15) is 60.5 Å². The highest BCUT2D eigenvalue weighted by Gasteiger charge is 2.28. The van der Waals surface area contributed by atoms with E-state index in [9.17, 15) is 9.59 Å². The smallest absolute Gasteiger partial charge is 0.251 e. The summed E-state index contributed by atoms with van der Waals surface area (Å²) >= 11 is 1.48. The van der Waals surface area contributed by atoms with Gasteiger partial charge in [-0.05, 0) is 39.2 Å². The van der Waals surface area contributed by atoms with Gasteiger partial charge in [-0.2, -0.15) is 0 Å². The van der Waals surface area contributed by atoms with Crippen LogP contribution in [0.2, 0.25) is 0 Å². The number of carbonyl (C=O) groups excluding carboxylic acids is 1. The van der Waals surface area contributed by atoms with Gasteiger partial charge in [0.05, 0.1) is 5.69 Å². The van der Waals surface area contributed by atoms with Gasteiger partial charge in [0.2, 0.25) is 11.0 Å². The average Bonchev–Trinajstić information content (AvgIpc) is 3.39. The minimum Gasteiger partial charge on any atom is -0.311 e. The third-order valence-electron chi connectivity index (χ3n) is 5.07. The normalized spacial score (nSPS) is 20.6. The molecule has 2 aliphatic rings. The number of carbonyl (C=O) groups is 1. The monoisotopic (exact) mass is 388 g/mol. The molecule has 1 atom stereocenters. The molecular formula is C18H24N6O2S. The van der Waals surface area contributed by atoms with Gasteiger partial charge in [-0.1, -0.05) is 11.3 Å². The van der Waals surface area contributed by atoms with Crippen molar-refractivity contribution in [1.82, 2.24) is 25.1 Å². The second kappa shape index (κ2) is 7.85.